The summed E-state index contributed by atoms with van der Waals surface area (Å²) in [6.07, 6.45) is -4.46. The fraction of sp³-hybridized carbons (Fsp3) is 0.267. The van der Waals surface area contributed by atoms with Crippen LogP contribution in [0.5, 0.6) is 0 Å². The second-order valence-electron chi connectivity index (χ2n) is 4.70. The SMILES string of the molecule is Cc1cc(CNC(=O)c2cccc(C(F)(F)F)c2)c(C)o1. The minimum atomic E-state index is -4.46. The summed E-state index contributed by atoms with van der Waals surface area (Å²) in [5.41, 5.74) is -0.0685. The van der Waals surface area contributed by atoms with Crippen molar-refractivity contribution in [2.75, 3.05) is 0 Å². The Hall–Kier alpha value is -2.24. The van der Waals surface area contributed by atoms with Gasteiger partial charge in [-0.05, 0) is 38.1 Å². The predicted molar refractivity (Wildman–Crippen MR) is 70.8 cm³/mol. The number of hydrogen-bond donors (Lipinski definition) is 1. The molecule has 0 aliphatic carbocycles. The van der Waals surface area contributed by atoms with Crippen LogP contribution in [0.4, 0.5) is 13.2 Å². The Kier molecular flexibility index (Phi) is 4.06. The van der Waals surface area contributed by atoms with Gasteiger partial charge in [-0.2, -0.15) is 13.2 Å². The van der Waals surface area contributed by atoms with Crippen molar-refractivity contribution in [3.05, 3.63) is 58.5 Å². The van der Waals surface area contributed by atoms with Crippen molar-refractivity contribution < 1.29 is 22.4 Å². The minimum Gasteiger partial charge on any atom is -0.466 e. The number of carbonyl (C=O) groups excluding carboxylic acids is 1. The molecule has 1 aromatic heterocycles. The van der Waals surface area contributed by atoms with E-state index in [-0.39, 0.29) is 12.1 Å². The minimum absolute atomic E-state index is 0.0253. The topological polar surface area (TPSA) is 42.2 Å². The van der Waals surface area contributed by atoms with E-state index in [2.05, 4.69) is 5.32 Å². The zero-order valence-corrected chi connectivity index (χ0v) is 11.5. The molecule has 0 saturated carbocycles. The van der Waals surface area contributed by atoms with E-state index >= 15 is 0 Å². The Bertz CT molecular complexity index is 659. The van der Waals surface area contributed by atoms with Crippen LogP contribution < -0.4 is 5.32 Å². The number of benzene rings is 1. The van der Waals surface area contributed by atoms with Gasteiger partial charge in [0.15, 0.2) is 0 Å². The predicted octanol–water partition coefficient (Wildman–Crippen LogP) is 3.85. The first-order chi connectivity index (χ1) is 9.77. The van der Waals surface area contributed by atoms with Crippen molar-refractivity contribution in [1.82, 2.24) is 5.32 Å². The summed E-state index contributed by atoms with van der Waals surface area (Å²) in [7, 11) is 0. The fourth-order valence-corrected chi connectivity index (χ4v) is 1.97. The molecule has 0 atom stereocenters. The molecule has 0 bridgehead atoms. The van der Waals surface area contributed by atoms with Gasteiger partial charge < -0.3 is 9.73 Å². The Morgan fingerprint density at radius 1 is 1.24 bits per heavy atom. The average molecular weight is 297 g/mol. The summed E-state index contributed by atoms with van der Waals surface area (Å²) in [6.45, 7) is 3.75. The monoisotopic (exact) mass is 297 g/mol. The van der Waals surface area contributed by atoms with Gasteiger partial charge in [0.2, 0.25) is 0 Å². The number of furan rings is 1. The van der Waals surface area contributed by atoms with E-state index in [4.69, 9.17) is 4.42 Å². The summed E-state index contributed by atoms with van der Waals surface area (Å²) in [4.78, 5) is 11.9. The summed E-state index contributed by atoms with van der Waals surface area (Å²) in [6, 6.07) is 6.11. The van der Waals surface area contributed by atoms with Crippen molar-refractivity contribution in [2.24, 2.45) is 0 Å². The highest BCUT2D eigenvalue weighted by molar-refractivity contribution is 5.94. The second-order valence-corrected chi connectivity index (χ2v) is 4.70. The lowest BCUT2D eigenvalue weighted by molar-refractivity contribution is -0.137. The van der Waals surface area contributed by atoms with Gasteiger partial charge in [0, 0.05) is 17.7 Å². The maximum Gasteiger partial charge on any atom is 0.416 e. The first-order valence-corrected chi connectivity index (χ1v) is 6.29. The van der Waals surface area contributed by atoms with Crippen LogP contribution in [0.2, 0.25) is 0 Å². The van der Waals surface area contributed by atoms with Gasteiger partial charge in [-0.25, -0.2) is 0 Å². The highest BCUT2D eigenvalue weighted by atomic mass is 19.4. The maximum atomic E-state index is 12.6. The molecular formula is C15H14F3NO2. The molecule has 1 amide bonds. The van der Waals surface area contributed by atoms with Gasteiger partial charge in [0.05, 0.1) is 5.56 Å². The zero-order chi connectivity index (χ0) is 15.6. The normalized spacial score (nSPS) is 11.5. The first-order valence-electron chi connectivity index (χ1n) is 6.29. The number of hydrogen-bond acceptors (Lipinski definition) is 2. The largest absolute Gasteiger partial charge is 0.466 e. The number of aryl methyl sites for hydroxylation is 2. The number of carbonyl (C=O) groups is 1. The third-order valence-electron chi connectivity index (χ3n) is 3.04. The van der Waals surface area contributed by atoms with Crippen molar-refractivity contribution >= 4 is 5.91 Å². The van der Waals surface area contributed by atoms with Crippen LogP contribution in [0, 0.1) is 13.8 Å². The molecule has 0 radical (unpaired) electrons. The van der Waals surface area contributed by atoms with Crippen molar-refractivity contribution in [3.63, 3.8) is 0 Å². The number of nitrogens with one attached hydrogen (secondary N) is 1. The third-order valence-corrected chi connectivity index (χ3v) is 3.04. The molecule has 0 unspecified atom stereocenters. The van der Waals surface area contributed by atoms with Gasteiger partial charge >= 0.3 is 6.18 Å². The first kappa shape index (κ1) is 15.2. The summed E-state index contributed by atoms with van der Waals surface area (Å²) >= 11 is 0. The molecule has 1 N–H and O–H groups in total. The number of halogens is 3. The molecule has 1 heterocycles. The average Bonchev–Trinajstić information content (AvgIpc) is 2.73. The van der Waals surface area contributed by atoms with E-state index in [1.54, 1.807) is 19.9 Å². The molecular weight excluding hydrogens is 283 g/mol. The molecule has 0 fully saturated rings. The lowest BCUT2D eigenvalue weighted by Crippen LogP contribution is -2.23. The Morgan fingerprint density at radius 2 is 1.95 bits per heavy atom. The van der Waals surface area contributed by atoms with Gasteiger partial charge in [-0.1, -0.05) is 6.07 Å². The molecule has 0 aliphatic heterocycles. The van der Waals surface area contributed by atoms with Gasteiger partial charge in [0.25, 0.3) is 5.91 Å². The molecule has 112 valence electrons. The van der Waals surface area contributed by atoms with Crippen LogP contribution in [0.25, 0.3) is 0 Å². The van der Waals surface area contributed by atoms with Gasteiger partial charge in [0.1, 0.15) is 11.5 Å². The molecule has 6 heteroatoms. The smallest absolute Gasteiger partial charge is 0.416 e. The van der Waals surface area contributed by atoms with E-state index in [9.17, 15) is 18.0 Å². The van der Waals surface area contributed by atoms with E-state index in [1.165, 1.54) is 12.1 Å². The van der Waals surface area contributed by atoms with Crippen LogP contribution in [0.15, 0.2) is 34.7 Å². The van der Waals surface area contributed by atoms with Crippen molar-refractivity contribution in [1.29, 1.82) is 0 Å². The lowest BCUT2D eigenvalue weighted by Gasteiger charge is -2.09. The van der Waals surface area contributed by atoms with E-state index < -0.39 is 17.6 Å². The molecule has 0 spiro atoms. The summed E-state index contributed by atoms with van der Waals surface area (Å²) in [5.74, 6) is 0.840. The Labute approximate surface area is 119 Å². The third kappa shape index (κ3) is 3.65. The summed E-state index contributed by atoms with van der Waals surface area (Å²) < 4.78 is 43.1. The fourth-order valence-electron chi connectivity index (χ4n) is 1.97. The van der Waals surface area contributed by atoms with E-state index in [1.807, 2.05) is 0 Å². The van der Waals surface area contributed by atoms with Crippen LogP contribution in [-0.4, -0.2) is 5.91 Å². The molecule has 2 aromatic rings. The van der Waals surface area contributed by atoms with Gasteiger partial charge in [-0.3, -0.25) is 4.79 Å². The summed E-state index contributed by atoms with van der Waals surface area (Å²) in [5, 5.41) is 2.58. The van der Waals surface area contributed by atoms with E-state index in [0.29, 0.717) is 5.76 Å². The highest BCUT2D eigenvalue weighted by Gasteiger charge is 2.30. The maximum absolute atomic E-state index is 12.6. The van der Waals surface area contributed by atoms with Crippen molar-refractivity contribution in [3.8, 4) is 0 Å². The molecule has 3 nitrogen and oxygen atoms in total. The van der Waals surface area contributed by atoms with Gasteiger partial charge in [-0.15, -0.1) is 0 Å². The molecule has 1 aromatic carbocycles. The second kappa shape index (κ2) is 5.63. The zero-order valence-electron chi connectivity index (χ0n) is 11.5. The lowest BCUT2D eigenvalue weighted by atomic mass is 10.1. The van der Waals surface area contributed by atoms with E-state index in [0.717, 1.165) is 23.5 Å². The Morgan fingerprint density at radius 3 is 2.52 bits per heavy atom. The number of amides is 1. The molecule has 2 rings (SSSR count). The van der Waals surface area contributed by atoms with Crippen molar-refractivity contribution in [2.45, 2.75) is 26.6 Å². The molecule has 0 saturated heterocycles. The van der Waals surface area contributed by atoms with Crippen LogP contribution in [0.1, 0.15) is 33.0 Å². The van der Waals surface area contributed by atoms with Crippen LogP contribution >= 0.6 is 0 Å². The molecule has 0 aliphatic rings. The van der Waals surface area contributed by atoms with Crippen LogP contribution in [0.3, 0.4) is 0 Å². The quantitative estimate of drug-likeness (QED) is 0.935. The van der Waals surface area contributed by atoms with Crippen LogP contribution in [-0.2, 0) is 12.7 Å². The molecule has 21 heavy (non-hydrogen) atoms. The highest BCUT2D eigenvalue weighted by Crippen LogP contribution is 2.29. The number of rotatable bonds is 3. The number of alkyl halides is 3. The standard InChI is InChI=1S/C15H14F3NO2/c1-9-6-12(10(2)21-9)8-19-14(20)11-4-3-5-13(7-11)15(16,17)18/h3-7H,8H2,1-2H3,(H,19,20). The Balaban J connectivity index is 2.09.